The van der Waals surface area contributed by atoms with Gasteiger partial charge in [0.2, 0.25) is 0 Å². The van der Waals surface area contributed by atoms with Gasteiger partial charge in [-0.1, -0.05) is 11.6 Å². The van der Waals surface area contributed by atoms with E-state index in [1.165, 1.54) is 11.3 Å². The molecule has 0 radical (unpaired) electrons. The Morgan fingerprint density at radius 3 is 2.83 bits per heavy atom. The van der Waals surface area contributed by atoms with Gasteiger partial charge in [0.15, 0.2) is 18.3 Å². The number of halogens is 1. The van der Waals surface area contributed by atoms with Crippen molar-refractivity contribution in [2.45, 2.75) is 6.92 Å². The summed E-state index contributed by atoms with van der Waals surface area (Å²) in [5.74, 6) is 0.792. The first-order valence-electron chi connectivity index (χ1n) is 9.10. The average Bonchev–Trinajstić information content (AvgIpc) is 3.10. The molecule has 3 aromatic rings. The number of ether oxygens (including phenoxy) is 2. The van der Waals surface area contributed by atoms with E-state index in [0.717, 1.165) is 16.1 Å². The summed E-state index contributed by atoms with van der Waals surface area (Å²) >= 11 is 7.21. The van der Waals surface area contributed by atoms with Crippen molar-refractivity contribution in [3.63, 3.8) is 0 Å². The summed E-state index contributed by atoms with van der Waals surface area (Å²) in [6.07, 6.45) is 0. The molecule has 0 saturated carbocycles. The van der Waals surface area contributed by atoms with Crippen molar-refractivity contribution < 1.29 is 19.1 Å². The van der Waals surface area contributed by atoms with E-state index in [-0.39, 0.29) is 25.0 Å². The molecule has 2 heterocycles. The summed E-state index contributed by atoms with van der Waals surface area (Å²) in [6, 6.07) is 12.4. The zero-order valence-electron chi connectivity index (χ0n) is 16.3. The third kappa shape index (κ3) is 4.24. The number of benzene rings is 2. The highest BCUT2D eigenvalue weighted by Gasteiger charge is 2.23. The Kier molecular flexibility index (Phi) is 5.61. The summed E-state index contributed by atoms with van der Waals surface area (Å²) in [6.45, 7) is 1.82. The van der Waals surface area contributed by atoms with Gasteiger partial charge in [-0.05, 0) is 49.4 Å². The van der Waals surface area contributed by atoms with Crippen molar-refractivity contribution in [3.05, 3.63) is 52.4 Å². The summed E-state index contributed by atoms with van der Waals surface area (Å²) < 4.78 is 10.9. The molecular weight excluding hydrogens is 426 g/mol. The molecule has 0 aliphatic carbocycles. The Morgan fingerprint density at radius 1 is 1.30 bits per heavy atom. The van der Waals surface area contributed by atoms with Crippen LogP contribution in [0.5, 0.6) is 11.5 Å². The lowest BCUT2D eigenvalue weighted by molar-refractivity contribution is -0.121. The van der Waals surface area contributed by atoms with Crippen LogP contribution in [0.2, 0.25) is 5.02 Å². The maximum Gasteiger partial charge on any atom is 0.264 e. The lowest BCUT2D eigenvalue weighted by Crippen LogP contribution is -2.35. The van der Waals surface area contributed by atoms with E-state index in [9.17, 15) is 9.59 Å². The molecule has 4 rings (SSSR count). The second-order valence-electron chi connectivity index (χ2n) is 6.64. The Balaban J connectivity index is 1.46. The summed E-state index contributed by atoms with van der Waals surface area (Å²) in [4.78, 5) is 31.2. The number of anilines is 2. The van der Waals surface area contributed by atoms with Gasteiger partial charge in [0, 0.05) is 22.5 Å². The molecule has 0 unspecified atom stereocenters. The van der Waals surface area contributed by atoms with Crippen LogP contribution < -0.4 is 19.7 Å². The molecule has 2 aromatic carbocycles. The van der Waals surface area contributed by atoms with Gasteiger partial charge in [-0.25, -0.2) is 4.98 Å². The molecule has 1 aromatic heterocycles. The molecule has 30 heavy (non-hydrogen) atoms. The van der Waals surface area contributed by atoms with E-state index in [0.29, 0.717) is 27.3 Å². The number of carbonyl (C=O) groups excluding carboxylic acids is 2. The minimum atomic E-state index is -0.311. The number of hydrogen-bond acceptors (Lipinski definition) is 6. The van der Waals surface area contributed by atoms with E-state index in [1.807, 2.05) is 25.1 Å². The third-order valence-corrected chi connectivity index (χ3v) is 5.68. The van der Waals surface area contributed by atoms with Crippen molar-refractivity contribution in [1.82, 2.24) is 4.98 Å². The topological polar surface area (TPSA) is 80.8 Å². The lowest BCUT2D eigenvalue weighted by atomic mass is 10.1. The number of nitrogens with one attached hydrogen (secondary N) is 1. The minimum absolute atomic E-state index is 0.0346. The largest absolute Gasteiger partial charge is 0.484 e. The van der Waals surface area contributed by atoms with Crippen molar-refractivity contribution in [2.24, 2.45) is 0 Å². The van der Waals surface area contributed by atoms with Gasteiger partial charge in [-0.2, -0.15) is 0 Å². The van der Waals surface area contributed by atoms with Crippen LogP contribution in [-0.4, -0.2) is 37.1 Å². The molecule has 1 aliphatic heterocycles. The molecule has 0 saturated heterocycles. The number of rotatable bonds is 5. The summed E-state index contributed by atoms with van der Waals surface area (Å²) in [5, 5.41) is 3.84. The van der Waals surface area contributed by atoms with Gasteiger partial charge in [0.25, 0.3) is 11.8 Å². The number of aryl methyl sites for hydroxylation is 1. The second kappa shape index (κ2) is 8.33. The zero-order chi connectivity index (χ0) is 21.3. The highest BCUT2D eigenvalue weighted by molar-refractivity contribution is 7.16. The van der Waals surface area contributed by atoms with Gasteiger partial charge < -0.3 is 14.4 Å². The highest BCUT2D eigenvalue weighted by Crippen LogP contribution is 2.37. The Hall–Kier alpha value is -3.10. The fourth-order valence-electron chi connectivity index (χ4n) is 2.97. The maximum absolute atomic E-state index is 12.2. The van der Waals surface area contributed by atoms with Crippen LogP contribution in [0, 0.1) is 6.92 Å². The number of amides is 2. The molecule has 1 aliphatic rings. The van der Waals surface area contributed by atoms with Crippen molar-refractivity contribution >= 4 is 45.6 Å². The van der Waals surface area contributed by atoms with Gasteiger partial charge in [-0.3, -0.25) is 14.9 Å². The average molecular weight is 444 g/mol. The molecule has 7 nitrogen and oxygen atoms in total. The molecule has 9 heteroatoms. The minimum Gasteiger partial charge on any atom is -0.484 e. The first-order chi connectivity index (χ1) is 14.4. The van der Waals surface area contributed by atoms with E-state index in [1.54, 1.807) is 36.2 Å². The van der Waals surface area contributed by atoms with Crippen LogP contribution >= 0.6 is 22.9 Å². The number of thiazole rings is 1. The van der Waals surface area contributed by atoms with Gasteiger partial charge in [-0.15, -0.1) is 11.3 Å². The van der Waals surface area contributed by atoms with E-state index < -0.39 is 0 Å². The summed E-state index contributed by atoms with van der Waals surface area (Å²) in [5.41, 5.74) is 2.27. The number of hydrogen-bond donors (Lipinski definition) is 1. The lowest BCUT2D eigenvalue weighted by Gasteiger charge is -2.26. The molecule has 0 atom stereocenters. The van der Waals surface area contributed by atoms with Crippen LogP contribution in [0.3, 0.4) is 0 Å². The van der Waals surface area contributed by atoms with Crippen LogP contribution in [0.1, 0.15) is 4.88 Å². The quantitative estimate of drug-likeness (QED) is 0.640. The number of carbonyl (C=O) groups is 2. The number of likely N-dealkylation sites (N-methyl/N-ethyl adjacent to an activating group) is 1. The van der Waals surface area contributed by atoms with E-state index >= 15 is 0 Å². The van der Waals surface area contributed by atoms with Crippen molar-refractivity contribution in [1.29, 1.82) is 0 Å². The van der Waals surface area contributed by atoms with Crippen LogP contribution in [-0.2, 0) is 9.59 Å². The van der Waals surface area contributed by atoms with Crippen LogP contribution in [0.25, 0.3) is 11.3 Å². The first-order valence-corrected chi connectivity index (χ1v) is 10.3. The van der Waals surface area contributed by atoms with Crippen molar-refractivity contribution in [2.75, 3.05) is 30.5 Å². The number of fused-ring (bicyclic) bond motifs is 1. The smallest absolute Gasteiger partial charge is 0.264 e. The normalized spacial score (nSPS) is 12.9. The van der Waals surface area contributed by atoms with E-state index in [2.05, 4.69) is 10.3 Å². The van der Waals surface area contributed by atoms with Gasteiger partial charge >= 0.3 is 0 Å². The molecule has 2 amide bonds. The SMILES string of the molecule is Cc1sc(NC(=O)COc2ccc(Cl)cc2)nc1-c1ccc2c(c1)N(C)C(=O)CO2. The first kappa shape index (κ1) is 20.2. The number of nitrogens with zero attached hydrogens (tertiary/aromatic N) is 2. The van der Waals surface area contributed by atoms with Crippen molar-refractivity contribution in [3.8, 4) is 22.8 Å². The molecular formula is C21H18ClN3O4S. The number of aromatic nitrogens is 1. The molecule has 1 N–H and O–H groups in total. The Bertz CT molecular complexity index is 1110. The van der Waals surface area contributed by atoms with Gasteiger partial charge in [0.1, 0.15) is 11.5 Å². The monoisotopic (exact) mass is 443 g/mol. The molecule has 154 valence electrons. The fraction of sp³-hybridized carbons (Fsp3) is 0.190. The standard InChI is InChI=1S/C21H18ClN3O4S/c1-12-20(13-3-8-17-16(9-13)25(2)19(27)11-29-17)24-21(30-12)23-18(26)10-28-15-6-4-14(22)5-7-15/h3-9H,10-11H2,1-2H3,(H,23,24,26). The van der Waals surface area contributed by atoms with Gasteiger partial charge in [0.05, 0.1) is 11.4 Å². The third-order valence-electron chi connectivity index (χ3n) is 4.55. The zero-order valence-corrected chi connectivity index (χ0v) is 17.8. The summed E-state index contributed by atoms with van der Waals surface area (Å²) in [7, 11) is 1.72. The van der Waals surface area contributed by atoms with Crippen LogP contribution in [0.15, 0.2) is 42.5 Å². The molecule has 0 spiro atoms. The second-order valence-corrected chi connectivity index (χ2v) is 8.28. The Labute approximate surface area is 182 Å². The van der Waals surface area contributed by atoms with E-state index in [4.69, 9.17) is 21.1 Å². The fourth-order valence-corrected chi connectivity index (χ4v) is 3.95. The highest BCUT2D eigenvalue weighted by atomic mass is 35.5. The van der Waals surface area contributed by atoms with Crippen LogP contribution in [0.4, 0.5) is 10.8 Å². The Morgan fingerprint density at radius 2 is 2.07 bits per heavy atom. The molecule has 0 bridgehead atoms. The predicted molar refractivity (Wildman–Crippen MR) is 117 cm³/mol. The maximum atomic E-state index is 12.2. The molecule has 0 fully saturated rings. The predicted octanol–water partition coefficient (Wildman–Crippen LogP) is 4.14.